The minimum atomic E-state index is -7.76. The van der Waals surface area contributed by atoms with Crippen molar-refractivity contribution in [3.8, 4) is 0 Å². The summed E-state index contributed by atoms with van der Waals surface area (Å²) >= 11 is 0. The van der Waals surface area contributed by atoms with Crippen LogP contribution in [-0.2, 0) is 32.7 Å². The van der Waals surface area contributed by atoms with Crippen molar-refractivity contribution in [2.45, 2.75) is 142 Å². The van der Waals surface area contributed by atoms with Gasteiger partial charge in [-0.2, -0.15) is 105 Å². The monoisotopic (exact) mass is 1100 g/mol. The summed E-state index contributed by atoms with van der Waals surface area (Å²) in [5, 5.41) is -0.522. The molecule has 2 nitrogen and oxygen atoms in total. The molecule has 404 valence electrons. The second kappa shape index (κ2) is 17.0. The van der Waals surface area contributed by atoms with Crippen LogP contribution in [0.25, 0.3) is 0 Å². The smallest absolute Gasteiger partial charge is 0.402 e. The number of alkyl halides is 30. The first-order valence-corrected chi connectivity index (χ1v) is 21.7. The van der Waals surface area contributed by atoms with Crippen molar-refractivity contribution < 1.29 is 136 Å². The van der Waals surface area contributed by atoms with Crippen LogP contribution in [0.1, 0.15) is 67.5 Å². The standard InChI is InChI=1S/C37H31F30NOSi/c1-15(2)23(3,4)70(5,6)69-25(22-13-24(38,39)14-68-22,16-7-18(26(40,30(44,45)46)31(47,48)49)11-19(8-16)27(41,32(50,51)52)33(53,54)55)17-9-20(28(42,34(56,57)58)35(59,60)61)12-21(10-17)29(43,36(62,63)64)37(65,66)67/h7-12,15,22,68H,13-14H2,1-6H3/t22-/m0/s1. The molecule has 1 heterocycles. The van der Waals surface area contributed by atoms with Gasteiger partial charge in [0.05, 0.1) is 6.54 Å². The summed E-state index contributed by atoms with van der Waals surface area (Å²) in [6.45, 7) is 3.24. The van der Waals surface area contributed by atoms with Crippen LogP contribution in [0.5, 0.6) is 0 Å². The molecule has 1 fully saturated rings. The summed E-state index contributed by atoms with van der Waals surface area (Å²) < 4.78 is 446. The predicted molar refractivity (Wildman–Crippen MR) is 182 cm³/mol. The Balaban J connectivity index is 3.22. The van der Waals surface area contributed by atoms with Gasteiger partial charge in [0, 0.05) is 34.7 Å². The fourth-order valence-electron chi connectivity index (χ4n) is 7.42. The maximum atomic E-state index is 16.1. The molecule has 1 atom stereocenters. The van der Waals surface area contributed by atoms with E-state index in [9.17, 15) is 105 Å². The van der Waals surface area contributed by atoms with Crippen molar-refractivity contribution >= 4 is 8.32 Å². The lowest BCUT2D eigenvalue weighted by molar-refractivity contribution is -0.352. The number of benzene rings is 2. The van der Waals surface area contributed by atoms with Gasteiger partial charge in [-0.3, -0.25) is 0 Å². The molecule has 0 amide bonds. The molecule has 1 aliphatic rings. The molecular weight excluding hydrogens is 1070 g/mol. The Bertz CT molecular complexity index is 1930. The van der Waals surface area contributed by atoms with Gasteiger partial charge in [0.25, 0.3) is 5.92 Å². The predicted octanol–water partition coefficient (Wildman–Crippen LogP) is 15.7. The van der Waals surface area contributed by atoms with E-state index in [1.165, 1.54) is 5.32 Å². The van der Waals surface area contributed by atoms with Gasteiger partial charge in [0.1, 0.15) is 5.60 Å². The Morgan fingerprint density at radius 1 is 0.443 bits per heavy atom. The highest BCUT2D eigenvalue weighted by molar-refractivity contribution is 6.74. The SMILES string of the molecule is CC(C)C(C)(C)[Si](C)(C)OC(c1cc(C(F)(C(F)(F)F)C(F)(F)F)cc(C(F)(C(F)(F)F)C(F)(F)F)c1)(c1cc(C(F)(C(F)(F)F)C(F)(F)F)cc(C(F)(C(F)(F)F)C(F)(F)F)c1)[C@@H]1CC(F)(F)CN1. The quantitative estimate of drug-likeness (QED) is 0.179. The summed E-state index contributed by atoms with van der Waals surface area (Å²) in [5.74, 6) is -5.83. The van der Waals surface area contributed by atoms with E-state index in [2.05, 4.69) is 0 Å². The minimum Gasteiger partial charge on any atom is -0.402 e. The Labute approximate surface area is 374 Å². The molecule has 2 aromatic carbocycles. The fourth-order valence-corrected chi connectivity index (χ4v) is 10.3. The van der Waals surface area contributed by atoms with Crippen LogP contribution >= 0.6 is 0 Å². The maximum Gasteiger partial charge on any atom is 0.435 e. The van der Waals surface area contributed by atoms with Crippen molar-refractivity contribution in [3.05, 3.63) is 69.8 Å². The van der Waals surface area contributed by atoms with Crippen molar-refractivity contribution in [2.75, 3.05) is 6.54 Å². The highest BCUT2D eigenvalue weighted by atomic mass is 28.4. The molecule has 0 unspecified atom stereocenters. The number of halogens is 30. The lowest BCUT2D eigenvalue weighted by Crippen LogP contribution is -2.59. The van der Waals surface area contributed by atoms with Gasteiger partial charge in [0.2, 0.25) is 0 Å². The van der Waals surface area contributed by atoms with E-state index >= 15 is 26.3 Å². The van der Waals surface area contributed by atoms with Crippen molar-refractivity contribution in [3.63, 3.8) is 0 Å². The summed E-state index contributed by atoms with van der Waals surface area (Å²) in [4.78, 5) is 0. The molecule has 1 N–H and O–H groups in total. The number of hydrogen-bond acceptors (Lipinski definition) is 2. The molecule has 0 spiro atoms. The third kappa shape index (κ3) is 9.37. The van der Waals surface area contributed by atoms with Gasteiger partial charge in [-0.1, -0.05) is 27.7 Å². The Hall–Kier alpha value is -3.52. The fraction of sp³-hybridized carbons (Fsp3) is 0.676. The molecule has 2 aromatic rings. The van der Waals surface area contributed by atoms with E-state index in [0.29, 0.717) is 13.1 Å². The van der Waals surface area contributed by atoms with Crippen LogP contribution in [0.4, 0.5) is 132 Å². The second-order valence-electron chi connectivity index (χ2n) is 17.4. The average molecular weight is 1100 g/mol. The van der Waals surface area contributed by atoms with Gasteiger partial charge in [0.15, 0.2) is 8.32 Å². The zero-order chi connectivity index (χ0) is 55.7. The lowest BCUT2D eigenvalue weighted by atomic mass is 9.73. The molecule has 33 heteroatoms. The van der Waals surface area contributed by atoms with E-state index < -0.39 is 192 Å². The van der Waals surface area contributed by atoms with Crippen molar-refractivity contribution in [2.24, 2.45) is 5.92 Å². The van der Waals surface area contributed by atoms with Crippen LogP contribution in [0.3, 0.4) is 0 Å². The molecule has 1 saturated heterocycles. The first kappa shape index (κ1) is 60.8. The highest BCUT2D eigenvalue weighted by Crippen LogP contribution is 2.62. The highest BCUT2D eigenvalue weighted by Gasteiger charge is 2.79. The van der Waals surface area contributed by atoms with E-state index in [0.717, 1.165) is 27.7 Å². The van der Waals surface area contributed by atoms with Crippen molar-refractivity contribution in [1.29, 1.82) is 0 Å². The third-order valence-corrected chi connectivity index (χ3v) is 17.0. The molecular formula is C37H31F30NOSi. The molecule has 0 aliphatic carbocycles. The first-order chi connectivity index (χ1) is 30.3. The van der Waals surface area contributed by atoms with E-state index in [4.69, 9.17) is 4.43 Å². The number of nitrogens with one attached hydrogen (secondary N) is 1. The molecule has 3 rings (SSSR count). The lowest BCUT2D eigenvalue weighted by Gasteiger charge is -2.52. The first-order valence-electron chi connectivity index (χ1n) is 18.8. The van der Waals surface area contributed by atoms with Crippen LogP contribution in [0, 0.1) is 5.92 Å². The zero-order valence-electron chi connectivity index (χ0n) is 35.3. The van der Waals surface area contributed by atoms with E-state index in [1.807, 2.05) is 0 Å². The summed E-state index contributed by atoms with van der Waals surface area (Å²) in [6, 6.07) is -12.4. The molecule has 0 saturated carbocycles. The van der Waals surface area contributed by atoms with Crippen LogP contribution in [-0.4, -0.2) is 76.2 Å². The van der Waals surface area contributed by atoms with E-state index in [-0.39, 0.29) is 0 Å². The Kier molecular flexibility index (Phi) is 14.8. The largest absolute Gasteiger partial charge is 0.435 e. The molecule has 0 aromatic heterocycles. The molecule has 70 heavy (non-hydrogen) atoms. The van der Waals surface area contributed by atoms with Crippen LogP contribution in [0.2, 0.25) is 18.1 Å². The van der Waals surface area contributed by atoms with Gasteiger partial charge in [-0.05, 0) is 71.6 Å². The van der Waals surface area contributed by atoms with Gasteiger partial charge >= 0.3 is 72.1 Å². The van der Waals surface area contributed by atoms with Gasteiger partial charge in [-0.25, -0.2) is 26.3 Å². The molecule has 1 aliphatic heterocycles. The number of rotatable bonds is 11. The molecule has 0 bridgehead atoms. The third-order valence-electron chi connectivity index (χ3n) is 12.5. The van der Waals surface area contributed by atoms with Gasteiger partial charge in [-0.15, -0.1) is 0 Å². The topological polar surface area (TPSA) is 21.3 Å². The maximum absolute atomic E-state index is 16.1. The van der Waals surface area contributed by atoms with Crippen LogP contribution < -0.4 is 5.32 Å². The summed E-state index contributed by atoms with van der Waals surface area (Å²) in [6.07, 6.45) is -64.6. The number of hydrogen-bond donors (Lipinski definition) is 1. The second-order valence-corrected chi connectivity index (χ2v) is 21.9. The average Bonchev–Trinajstić information content (AvgIpc) is 3.50. The normalized spacial score (nSPS) is 18.6. The summed E-state index contributed by atoms with van der Waals surface area (Å²) in [5.41, 5.74) is -55.8. The minimum absolute atomic E-state index is 0.635. The molecule has 0 radical (unpaired) electrons. The van der Waals surface area contributed by atoms with Crippen molar-refractivity contribution in [1.82, 2.24) is 5.32 Å². The Morgan fingerprint density at radius 3 is 0.829 bits per heavy atom. The van der Waals surface area contributed by atoms with E-state index in [1.54, 1.807) is 0 Å². The van der Waals surface area contributed by atoms with Crippen LogP contribution in [0.15, 0.2) is 36.4 Å². The Morgan fingerprint density at radius 2 is 0.657 bits per heavy atom. The summed E-state index contributed by atoms with van der Waals surface area (Å²) in [7, 11) is -5.09. The zero-order valence-corrected chi connectivity index (χ0v) is 36.3. The van der Waals surface area contributed by atoms with Gasteiger partial charge < -0.3 is 9.74 Å².